The number of aromatic amines is 1. The summed E-state index contributed by atoms with van der Waals surface area (Å²) in [6.45, 7) is 3.54. The zero-order valence-corrected chi connectivity index (χ0v) is 20.1. The SMILES string of the molecule is Cc1nn(C(CCCc2ccccc2)C(C)O)c2nc(Cc3ccc(Cl)c(Cl)c3)[nH]c(=O)c12. The molecular formula is C25H26Cl2N4O2. The number of fused-ring (bicyclic) bond motifs is 1. The summed E-state index contributed by atoms with van der Waals surface area (Å²) in [7, 11) is 0. The molecule has 2 heterocycles. The minimum atomic E-state index is -0.650. The summed E-state index contributed by atoms with van der Waals surface area (Å²) in [6.07, 6.45) is 2.22. The lowest BCUT2D eigenvalue weighted by molar-refractivity contribution is 0.118. The number of nitrogens with zero attached hydrogens (tertiary/aromatic N) is 3. The van der Waals surface area contributed by atoms with E-state index in [1.807, 2.05) is 24.3 Å². The Morgan fingerprint density at radius 3 is 2.55 bits per heavy atom. The molecule has 2 aromatic heterocycles. The number of halogens is 2. The number of H-pyrrole nitrogens is 1. The first kappa shape index (κ1) is 23.5. The average molecular weight is 485 g/mol. The number of hydrogen-bond acceptors (Lipinski definition) is 4. The lowest BCUT2D eigenvalue weighted by Gasteiger charge is -2.21. The number of nitrogens with one attached hydrogen (secondary N) is 1. The second-order valence-electron chi connectivity index (χ2n) is 8.35. The van der Waals surface area contributed by atoms with Crippen molar-refractivity contribution in [2.75, 3.05) is 0 Å². The summed E-state index contributed by atoms with van der Waals surface area (Å²) >= 11 is 12.2. The molecule has 0 saturated carbocycles. The van der Waals surface area contributed by atoms with Gasteiger partial charge in [0.05, 0.1) is 27.9 Å². The van der Waals surface area contributed by atoms with Crippen molar-refractivity contribution in [3.63, 3.8) is 0 Å². The van der Waals surface area contributed by atoms with Crippen molar-refractivity contribution >= 4 is 34.2 Å². The van der Waals surface area contributed by atoms with Crippen molar-refractivity contribution in [3.05, 3.63) is 91.6 Å². The van der Waals surface area contributed by atoms with Crippen LogP contribution in [0.1, 0.15) is 48.5 Å². The van der Waals surface area contributed by atoms with E-state index in [1.54, 1.807) is 30.7 Å². The Hall–Kier alpha value is -2.67. The molecule has 33 heavy (non-hydrogen) atoms. The summed E-state index contributed by atoms with van der Waals surface area (Å²) in [4.78, 5) is 20.5. The van der Waals surface area contributed by atoms with Crippen molar-refractivity contribution in [1.29, 1.82) is 0 Å². The largest absolute Gasteiger partial charge is 0.391 e. The lowest BCUT2D eigenvalue weighted by Crippen LogP contribution is -2.24. The van der Waals surface area contributed by atoms with Gasteiger partial charge >= 0.3 is 0 Å². The lowest BCUT2D eigenvalue weighted by atomic mass is 10.0. The van der Waals surface area contributed by atoms with Gasteiger partial charge in [-0.05, 0) is 56.4 Å². The van der Waals surface area contributed by atoms with Crippen LogP contribution in [-0.2, 0) is 12.8 Å². The van der Waals surface area contributed by atoms with Crippen molar-refractivity contribution in [3.8, 4) is 0 Å². The Labute approximate surface area is 202 Å². The van der Waals surface area contributed by atoms with Crippen molar-refractivity contribution in [2.45, 2.75) is 51.7 Å². The molecule has 0 aliphatic heterocycles. The molecule has 0 radical (unpaired) electrons. The number of hydrogen-bond donors (Lipinski definition) is 2. The fourth-order valence-electron chi connectivity index (χ4n) is 4.14. The fraction of sp³-hybridized carbons (Fsp3) is 0.320. The average Bonchev–Trinajstić information content (AvgIpc) is 3.10. The van der Waals surface area contributed by atoms with Crippen LogP contribution in [0.15, 0.2) is 53.3 Å². The van der Waals surface area contributed by atoms with Gasteiger partial charge in [0.1, 0.15) is 11.2 Å². The number of rotatable bonds is 8. The van der Waals surface area contributed by atoms with Crippen LogP contribution in [-0.4, -0.2) is 31.0 Å². The van der Waals surface area contributed by atoms with E-state index in [9.17, 15) is 9.90 Å². The monoisotopic (exact) mass is 484 g/mol. The Bertz CT molecular complexity index is 1320. The van der Waals surface area contributed by atoms with Crippen LogP contribution in [0.2, 0.25) is 10.0 Å². The van der Waals surface area contributed by atoms with E-state index in [-0.39, 0.29) is 11.6 Å². The highest BCUT2D eigenvalue weighted by atomic mass is 35.5. The van der Waals surface area contributed by atoms with Gasteiger partial charge in [0.2, 0.25) is 0 Å². The molecule has 0 fully saturated rings. The molecule has 0 spiro atoms. The summed E-state index contributed by atoms with van der Waals surface area (Å²) < 4.78 is 1.72. The van der Waals surface area contributed by atoms with Gasteiger partial charge in [0.15, 0.2) is 5.65 Å². The van der Waals surface area contributed by atoms with Crippen LogP contribution in [0, 0.1) is 6.92 Å². The summed E-state index contributed by atoms with van der Waals surface area (Å²) in [5.41, 5.74) is 2.96. The molecule has 6 nitrogen and oxygen atoms in total. The van der Waals surface area contributed by atoms with Crippen LogP contribution >= 0.6 is 23.2 Å². The zero-order valence-electron chi connectivity index (χ0n) is 18.6. The molecular weight excluding hydrogens is 459 g/mol. The van der Waals surface area contributed by atoms with Crippen LogP contribution < -0.4 is 5.56 Å². The molecule has 0 saturated heterocycles. The normalized spacial score (nSPS) is 13.4. The standard InChI is InChI=1S/C25H26Cl2N4O2/c1-15-23-24(28-22(29-25(23)33)14-18-11-12-19(26)20(27)13-18)31(30-15)21(16(2)32)10-6-9-17-7-4-3-5-8-17/h3-5,7-8,11-13,16,21,32H,6,9-10,14H2,1-2H3,(H,28,29,33). The van der Waals surface area contributed by atoms with E-state index in [1.165, 1.54) is 5.56 Å². The van der Waals surface area contributed by atoms with E-state index in [0.29, 0.717) is 45.4 Å². The molecule has 172 valence electrons. The Morgan fingerprint density at radius 2 is 1.85 bits per heavy atom. The first-order valence-electron chi connectivity index (χ1n) is 11.0. The maximum atomic E-state index is 12.9. The highest BCUT2D eigenvalue weighted by Crippen LogP contribution is 2.26. The van der Waals surface area contributed by atoms with Gasteiger partial charge in [0.25, 0.3) is 5.56 Å². The van der Waals surface area contributed by atoms with Crippen LogP contribution in [0.25, 0.3) is 11.0 Å². The summed E-state index contributed by atoms with van der Waals surface area (Å²) in [6, 6.07) is 15.3. The van der Waals surface area contributed by atoms with E-state index in [2.05, 4.69) is 22.2 Å². The second-order valence-corrected chi connectivity index (χ2v) is 9.17. The highest BCUT2D eigenvalue weighted by Gasteiger charge is 2.24. The second kappa shape index (κ2) is 10.1. The molecule has 2 aromatic carbocycles. The topological polar surface area (TPSA) is 83.8 Å². The first-order chi connectivity index (χ1) is 15.8. The molecule has 2 unspecified atom stereocenters. The molecule has 2 atom stereocenters. The molecule has 0 aliphatic carbocycles. The third kappa shape index (κ3) is 5.29. The van der Waals surface area contributed by atoms with Gasteiger partial charge in [0, 0.05) is 6.42 Å². The van der Waals surface area contributed by atoms with Gasteiger partial charge < -0.3 is 10.1 Å². The number of benzene rings is 2. The number of aromatic nitrogens is 4. The molecule has 4 rings (SSSR count). The maximum absolute atomic E-state index is 12.9. The predicted octanol–water partition coefficient (Wildman–Crippen LogP) is 5.27. The van der Waals surface area contributed by atoms with Crippen LogP contribution in [0.5, 0.6) is 0 Å². The highest BCUT2D eigenvalue weighted by molar-refractivity contribution is 6.42. The van der Waals surface area contributed by atoms with Crippen molar-refractivity contribution in [2.24, 2.45) is 0 Å². The molecule has 2 N–H and O–H groups in total. The van der Waals surface area contributed by atoms with E-state index < -0.39 is 6.10 Å². The molecule has 0 aliphatic rings. The summed E-state index contributed by atoms with van der Waals surface area (Å²) in [5, 5.41) is 16.5. The molecule has 8 heteroatoms. The third-order valence-electron chi connectivity index (χ3n) is 5.82. The van der Waals surface area contributed by atoms with E-state index in [4.69, 9.17) is 28.2 Å². The van der Waals surface area contributed by atoms with Gasteiger partial charge in [-0.25, -0.2) is 9.67 Å². The smallest absolute Gasteiger partial charge is 0.262 e. The van der Waals surface area contributed by atoms with Crippen LogP contribution in [0.4, 0.5) is 0 Å². The number of aryl methyl sites for hydroxylation is 2. The fourth-order valence-corrected chi connectivity index (χ4v) is 4.46. The Balaban J connectivity index is 1.65. The van der Waals surface area contributed by atoms with Gasteiger partial charge in [-0.1, -0.05) is 59.6 Å². The van der Waals surface area contributed by atoms with Gasteiger partial charge in [-0.3, -0.25) is 4.79 Å². The molecule has 0 bridgehead atoms. The van der Waals surface area contributed by atoms with Crippen molar-refractivity contribution < 1.29 is 5.11 Å². The zero-order chi connectivity index (χ0) is 23.5. The Morgan fingerprint density at radius 1 is 1.09 bits per heavy atom. The maximum Gasteiger partial charge on any atom is 0.262 e. The summed E-state index contributed by atoms with van der Waals surface area (Å²) in [5.74, 6) is 0.501. The third-order valence-corrected chi connectivity index (χ3v) is 6.56. The van der Waals surface area contributed by atoms with Crippen molar-refractivity contribution in [1.82, 2.24) is 19.7 Å². The minimum Gasteiger partial charge on any atom is -0.391 e. The van der Waals surface area contributed by atoms with E-state index >= 15 is 0 Å². The number of aliphatic hydroxyl groups excluding tert-OH is 1. The Kier molecular flexibility index (Phi) is 7.17. The first-order valence-corrected chi connectivity index (χ1v) is 11.7. The van der Waals surface area contributed by atoms with Gasteiger partial charge in [-0.15, -0.1) is 0 Å². The molecule has 4 aromatic rings. The number of aliphatic hydroxyl groups is 1. The van der Waals surface area contributed by atoms with E-state index in [0.717, 1.165) is 18.4 Å². The predicted molar refractivity (Wildman–Crippen MR) is 132 cm³/mol. The minimum absolute atomic E-state index is 0.243. The molecule has 0 amide bonds. The quantitative estimate of drug-likeness (QED) is 0.356. The van der Waals surface area contributed by atoms with Crippen LogP contribution in [0.3, 0.4) is 0 Å². The van der Waals surface area contributed by atoms with Gasteiger partial charge in [-0.2, -0.15) is 5.10 Å².